The zero-order chi connectivity index (χ0) is 15.7. The molecule has 0 radical (unpaired) electrons. The smallest absolute Gasteiger partial charge is 0.254 e. The zero-order valence-corrected chi connectivity index (χ0v) is 13.8. The minimum absolute atomic E-state index is 0.0542. The average molecular weight is 367 g/mol. The molecule has 2 N–H and O–H groups in total. The van der Waals surface area contributed by atoms with E-state index in [0.717, 1.165) is 12.1 Å². The molecular formula is C12H16BrFN2O3S. The Hall–Kier alpha value is -0.990. The lowest BCUT2D eigenvalue weighted by atomic mass is 10.1. The third-order valence-corrected chi connectivity index (χ3v) is 4.13. The lowest BCUT2D eigenvalue weighted by Gasteiger charge is -2.20. The Labute approximate surface area is 126 Å². The molecule has 0 saturated heterocycles. The van der Waals surface area contributed by atoms with E-state index >= 15 is 0 Å². The van der Waals surface area contributed by atoms with Crippen LogP contribution in [0.3, 0.4) is 0 Å². The number of carbonyl (C=O) groups is 1. The quantitative estimate of drug-likeness (QED) is 0.884. The molecule has 5 nitrogen and oxygen atoms in total. The molecule has 0 bridgehead atoms. The van der Waals surface area contributed by atoms with Crippen LogP contribution < -0.4 is 5.14 Å². The molecule has 0 aliphatic rings. The van der Waals surface area contributed by atoms with Gasteiger partial charge in [0.2, 0.25) is 10.0 Å². The Kier molecular flexibility index (Phi) is 5.28. The number of sulfonamides is 1. The minimum Gasteiger partial charge on any atom is -0.341 e. The van der Waals surface area contributed by atoms with Gasteiger partial charge in [-0.05, 0) is 34.0 Å². The van der Waals surface area contributed by atoms with Crippen LogP contribution in [0, 0.1) is 11.7 Å². The van der Waals surface area contributed by atoms with Gasteiger partial charge in [-0.25, -0.2) is 17.9 Å². The van der Waals surface area contributed by atoms with Gasteiger partial charge in [0.1, 0.15) is 10.7 Å². The maximum atomic E-state index is 13.6. The van der Waals surface area contributed by atoms with Gasteiger partial charge in [0.05, 0.1) is 5.56 Å². The third-order valence-electron chi connectivity index (χ3n) is 2.54. The number of hydrogen-bond acceptors (Lipinski definition) is 3. The Bertz CT molecular complexity index is 632. The van der Waals surface area contributed by atoms with Gasteiger partial charge >= 0.3 is 0 Å². The summed E-state index contributed by atoms with van der Waals surface area (Å²) in [6.07, 6.45) is 0. The van der Waals surface area contributed by atoms with Crippen LogP contribution in [-0.2, 0) is 10.0 Å². The maximum Gasteiger partial charge on any atom is 0.254 e. The number of benzene rings is 1. The van der Waals surface area contributed by atoms with E-state index in [0.29, 0.717) is 6.54 Å². The highest BCUT2D eigenvalue weighted by molar-refractivity contribution is 9.10. The standard InChI is InChI=1S/C12H16BrFN2O3S/c1-7(2)6-16(3)12(17)8-4-11(20(15,18)19)10(14)5-9(8)13/h4-5,7H,6H2,1-3H3,(H2,15,18,19). The van der Waals surface area contributed by atoms with Crippen LogP contribution in [0.2, 0.25) is 0 Å². The number of nitrogens with zero attached hydrogens (tertiary/aromatic N) is 1. The number of rotatable bonds is 4. The highest BCUT2D eigenvalue weighted by Crippen LogP contribution is 2.25. The topological polar surface area (TPSA) is 80.5 Å². The van der Waals surface area contributed by atoms with Gasteiger partial charge in [0, 0.05) is 18.1 Å². The normalized spacial score (nSPS) is 11.8. The fourth-order valence-electron chi connectivity index (χ4n) is 1.75. The summed E-state index contributed by atoms with van der Waals surface area (Å²) in [4.78, 5) is 13.0. The largest absolute Gasteiger partial charge is 0.341 e. The number of amides is 1. The molecule has 112 valence electrons. The van der Waals surface area contributed by atoms with Crippen LogP contribution in [-0.4, -0.2) is 32.8 Å². The first kappa shape index (κ1) is 17.1. The number of halogens is 2. The van der Waals surface area contributed by atoms with Gasteiger partial charge < -0.3 is 4.90 Å². The minimum atomic E-state index is -4.22. The molecule has 0 spiro atoms. The molecule has 1 rings (SSSR count). The summed E-state index contributed by atoms with van der Waals surface area (Å²) in [5.74, 6) is -1.15. The van der Waals surface area contributed by atoms with E-state index in [2.05, 4.69) is 15.9 Å². The summed E-state index contributed by atoms with van der Waals surface area (Å²) in [6.45, 7) is 4.38. The Morgan fingerprint density at radius 2 is 2.00 bits per heavy atom. The fourth-order valence-corrected chi connectivity index (χ4v) is 2.85. The van der Waals surface area contributed by atoms with Crippen molar-refractivity contribution >= 4 is 31.9 Å². The maximum absolute atomic E-state index is 13.6. The van der Waals surface area contributed by atoms with Gasteiger partial charge in [0.15, 0.2) is 0 Å². The van der Waals surface area contributed by atoms with E-state index < -0.39 is 26.6 Å². The van der Waals surface area contributed by atoms with Gasteiger partial charge in [-0.2, -0.15) is 0 Å². The second-order valence-corrected chi connectivity index (χ2v) is 7.27. The molecule has 0 saturated carbocycles. The van der Waals surface area contributed by atoms with Crippen LogP contribution in [0.25, 0.3) is 0 Å². The molecule has 1 amide bonds. The number of primary sulfonamides is 1. The van der Waals surface area contributed by atoms with E-state index in [4.69, 9.17) is 5.14 Å². The molecule has 0 atom stereocenters. The summed E-state index contributed by atoms with van der Waals surface area (Å²) in [7, 11) is -2.63. The van der Waals surface area contributed by atoms with Crippen molar-refractivity contribution in [2.24, 2.45) is 11.1 Å². The van der Waals surface area contributed by atoms with Gasteiger partial charge in [-0.1, -0.05) is 13.8 Å². The highest BCUT2D eigenvalue weighted by atomic mass is 79.9. The molecule has 0 aromatic heterocycles. The summed E-state index contributed by atoms with van der Waals surface area (Å²) < 4.78 is 36.3. The van der Waals surface area contributed by atoms with E-state index in [9.17, 15) is 17.6 Å². The van der Waals surface area contributed by atoms with Crippen molar-refractivity contribution < 1.29 is 17.6 Å². The SMILES string of the molecule is CC(C)CN(C)C(=O)c1cc(S(N)(=O)=O)c(F)cc1Br. The van der Waals surface area contributed by atoms with E-state index in [-0.39, 0.29) is 16.0 Å². The molecule has 20 heavy (non-hydrogen) atoms. The molecule has 1 aromatic rings. The number of carbonyl (C=O) groups excluding carboxylic acids is 1. The van der Waals surface area contributed by atoms with Crippen molar-refractivity contribution in [1.82, 2.24) is 4.90 Å². The van der Waals surface area contributed by atoms with Crippen molar-refractivity contribution in [3.63, 3.8) is 0 Å². The van der Waals surface area contributed by atoms with E-state index in [1.807, 2.05) is 13.8 Å². The van der Waals surface area contributed by atoms with Crippen molar-refractivity contribution in [3.05, 3.63) is 28.0 Å². The molecule has 0 aliphatic heterocycles. The molecule has 0 aliphatic carbocycles. The first-order chi connectivity index (χ1) is 9.04. The average Bonchev–Trinajstić information content (AvgIpc) is 2.25. The van der Waals surface area contributed by atoms with Crippen LogP contribution in [0.4, 0.5) is 4.39 Å². The first-order valence-corrected chi connectivity index (χ1v) is 8.15. The highest BCUT2D eigenvalue weighted by Gasteiger charge is 2.22. The van der Waals surface area contributed by atoms with Gasteiger partial charge in [0.25, 0.3) is 5.91 Å². The molecule has 8 heteroatoms. The molecule has 0 fully saturated rings. The molecule has 0 heterocycles. The monoisotopic (exact) mass is 366 g/mol. The molecule has 1 aromatic carbocycles. The van der Waals surface area contributed by atoms with Crippen molar-refractivity contribution in [2.75, 3.05) is 13.6 Å². The van der Waals surface area contributed by atoms with Crippen molar-refractivity contribution in [2.45, 2.75) is 18.7 Å². The summed E-state index contributed by atoms with van der Waals surface area (Å²) >= 11 is 3.06. The second kappa shape index (κ2) is 6.19. The van der Waals surface area contributed by atoms with Crippen LogP contribution >= 0.6 is 15.9 Å². The summed E-state index contributed by atoms with van der Waals surface area (Å²) in [6, 6.07) is 1.88. The van der Waals surface area contributed by atoms with E-state index in [1.54, 1.807) is 7.05 Å². The third kappa shape index (κ3) is 4.00. The fraction of sp³-hybridized carbons (Fsp3) is 0.417. The summed E-state index contributed by atoms with van der Waals surface area (Å²) in [5.41, 5.74) is 0.0542. The first-order valence-electron chi connectivity index (χ1n) is 5.81. The predicted octanol–water partition coefficient (Wildman–Crippen LogP) is 1.96. The van der Waals surface area contributed by atoms with Crippen LogP contribution in [0.1, 0.15) is 24.2 Å². The van der Waals surface area contributed by atoms with E-state index in [1.165, 1.54) is 4.90 Å². The number of nitrogens with two attached hydrogens (primary N) is 1. The van der Waals surface area contributed by atoms with Gasteiger partial charge in [-0.15, -0.1) is 0 Å². The Morgan fingerprint density at radius 1 is 1.45 bits per heavy atom. The Balaban J connectivity index is 3.29. The second-order valence-electron chi connectivity index (χ2n) is 4.89. The van der Waals surface area contributed by atoms with Crippen LogP contribution in [0.15, 0.2) is 21.5 Å². The number of hydrogen-bond donors (Lipinski definition) is 1. The lowest BCUT2D eigenvalue weighted by Crippen LogP contribution is -2.31. The molecular weight excluding hydrogens is 351 g/mol. The Morgan fingerprint density at radius 3 is 2.45 bits per heavy atom. The van der Waals surface area contributed by atoms with Crippen LogP contribution in [0.5, 0.6) is 0 Å². The zero-order valence-electron chi connectivity index (χ0n) is 11.4. The molecule has 0 unspecified atom stereocenters. The predicted molar refractivity (Wildman–Crippen MR) is 77.3 cm³/mol. The summed E-state index contributed by atoms with van der Waals surface area (Å²) in [5, 5.41) is 4.93. The van der Waals surface area contributed by atoms with Crippen molar-refractivity contribution in [3.8, 4) is 0 Å². The lowest BCUT2D eigenvalue weighted by molar-refractivity contribution is 0.0778. The van der Waals surface area contributed by atoms with Gasteiger partial charge in [-0.3, -0.25) is 4.79 Å². The van der Waals surface area contributed by atoms with Crippen molar-refractivity contribution in [1.29, 1.82) is 0 Å².